The van der Waals surface area contributed by atoms with E-state index in [0.29, 0.717) is 28.5 Å². The Kier molecular flexibility index (Phi) is 5.44. The zero-order valence-corrected chi connectivity index (χ0v) is 17.1. The summed E-state index contributed by atoms with van der Waals surface area (Å²) in [6.45, 7) is 0. The van der Waals surface area contributed by atoms with E-state index in [-0.39, 0.29) is 5.91 Å². The highest BCUT2D eigenvalue weighted by atomic mass is 79.9. The molecule has 4 aromatic rings. The van der Waals surface area contributed by atoms with E-state index in [4.69, 9.17) is 9.15 Å². The molecule has 29 heavy (non-hydrogen) atoms. The van der Waals surface area contributed by atoms with Crippen molar-refractivity contribution >= 4 is 27.5 Å². The van der Waals surface area contributed by atoms with E-state index >= 15 is 0 Å². The summed E-state index contributed by atoms with van der Waals surface area (Å²) in [4.78, 5) is 17.2. The summed E-state index contributed by atoms with van der Waals surface area (Å²) in [5.41, 5.74) is 2.69. The first-order valence-electron chi connectivity index (χ1n) is 8.90. The number of hydrogen-bond acceptors (Lipinski definition) is 4. The zero-order chi connectivity index (χ0) is 20.2. The number of rotatable bonds is 5. The third-order valence-electron chi connectivity index (χ3n) is 4.38. The van der Waals surface area contributed by atoms with Crippen LogP contribution in [0.3, 0.4) is 0 Å². The first-order chi connectivity index (χ1) is 14.1. The van der Waals surface area contributed by atoms with E-state index in [1.165, 1.54) is 0 Å². The lowest BCUT2D eigenvalue weighted by Crippen LogP contribution is -2.13. The summed E-state index contributed by atoms with van der Waals surface area (Å²) >= 11 is 3.42. The van der Waals surface area contributed by atoms with Crippen LogP contribution >= 0.6 is 15.9 Å². The number of carbonyl (C=O) groups excluding carboxylic acids is 1. The molecule has 0 saturated heterocycles. The highest BCUT2D eigenvalue weighted by Gasteiger charge is 2.17. The Labute approximate surface area is 176 Å². The molecule has 0 unspecified atom stereocenters. The Bertz CT molecular complexity index is 1140. The standard InChI is InChI=1S/C23H17BrN2O3/c1-28-18-12-10-17(11-13-18)26-22(27)19-4-2-3-5-20(19)23-25-14-21(29-23)15-6-8-16(24)9-7-15/h2-14H,1H3,(H,26,27). The molecular weight excluding hydrogens is 432 g/mol. The average molecular weight is 449 g/mol. The van der Waals surface area contributed by atoms with Crippen molar-refractivity contribution in [2.45, 2.75) is 0 Å². The maximum absolute atomic E-state index is 12.9. The molecule has 0 saturated carbocycles. The molecule has 3 aromatic carbocycles. The second-order valence-corrected chi connectivity index (χ2v) is 7.18. The van der Waals surface area contributed by atoms with Crippen LogP contribution in [0, 0.1) is 0 Å². The van der Waals surface area contributed by atoms with Crippen LogP contribution in [0.1, 0.15) is 10.4 Å². The predicted octanol–water partition coefficient (Wildman–Crippen LogP) is 6.03. The maximum Gasteiger partial charge on any atom is 0.256 e. The van der Waals surface area contributed by atoms with Gasteiger partial charge in [-0.05, 0) is 48.5 Å². The molecule has 0 aliphatic heterocycles. The number of halogens is 1. The molecule has 144 valence electrons. The van der Waals surface area contributed by atoms with Crippen LogP contribution in [0.15, 0.2) is 87.9 Å². The van der Waals surface area contributed by atoms with Gasteiger partial charge in [-0.15, -0.1) is 0 Å². The van der Waals surface area contributed by atoms with E-state index < -0.39 is 0 Å². The van der Waals surface area contributed by atoms with E-state index in [0.717, 1.165) is 15.8 Å². The van der Waals surface area contributed by atoms with E-state index in [1.54, 1.807) is 43.6 Å². The molecule has 0 atom stereocenters. The van der Waals surface area contributed by atoms with Crippen LogP contribution in [0.5, 0.6) is 5.75 Å². The molecule has 1 aromatic heterocycles. The Hall–Kier alpha value is -3.38. The van der Waals surface area contributed by atoms with Crippen molar-refractivity contribution in [3.63, 3.8) is 0 Å². The number of hydrogen-bond donors (Lipinski definition) is 1. The SMILES string of the molecule is COc1ccc(NC(=O)c2ccccc2-c2ncc(-c3ccc(Br)cc3)o2)cc1. The third kappa shape index (κ3) is 4.22. The van der Waals surface area contributed by atoms with Gasteiger partial charge in [-0.25, -0.2) is 4.98 Å². The highest BCUT2D eigenvalue weighted by molar-refractivity contribution is 9.10. The normalized spacial score (nSPS) is 10.6. The number of nitrogens with zero attached hydrogens (tertiary/aromatic N) is 1. The van der Waals surface area contributed by atoms with Crippen LogP contribution in [0.2, 0.25) is 0 Å². The second kappa shape index (κ2) is 8.32. The van der Waals surface area contributed by atoms with Gasteiger partial charge in [0.05, 0.1) is 18.9 Å². The second-order valence-electron chi connectivity index (χ2n) is 6.26. The number of benzene rings is 3. The van der Waals surface area contributed by atoms with Crippen LogP contribution in [-0.2, 0) is 0 Å². The molecule has 1 N–H and O–H groups in total. The molecule has 0 aliphatic rings. The molecule has 0 radical (unpaired) electrons. The van der Waals surface area contributed by atoms with Crippen LogP contribution in [-0.4, -0.2) is 18.0 Å². The fraction of sp³-hybridized carbons (Fsp3) is 0.0435. The number of carbonyl (C=O) groups is 1. The Morgan fingerprint density at radius 2 is 1.72 bits per heavy atom. The molecule has 4 rings (SSSR count). The monoisotopic (exact) mass is 448 g/mol. The van der Waals surface area contributed by atoms with Gasteiger partial charge in [0, 0.05) is 21.3 Å². The van der Waals surface area contributed by atoms with Crippen molar-refractivity contribution in [2.75, 3.05) is 12.4 Å². The lowest BCUT2D eigenvalue weighted by atomic mass is 10.1. The number of anilines is 1. The van der Waals surface area contributed by atoms with Crippen molar-refractivity contribution in [3.05, 3.63) is 89.0 Å². The minimum atomic E-state index is -0.242. The highest BCUT2D eigenvalue weighted by Crippen LogP contribution is 2.29. The van der Waals surface area contributed by atoms with Gasteiger partial charge >= 0.3 is 0 Å². The molecule has 0 aliphatic carbocycles. The lowest BCUT2D eigenvalue weighted by molar-refractivity contribution is 0.102. The summed E-state index contributed by atoms with van der Waals surface area (Å²) in [5, 5.41) is 2.90. The molecule has 1 heterocycles. The predicted molar refractivity (Wildman–Crippen MR) is 116 cm³/mol. The van der Waals surface area contributed by atoms with Gasteiger partial charge in [-0.1, -0.05) is 40.2 Å². The molecular formula is C23H17BrN2O3. The minimum absolute atomic E-state index is 0.242. The van der Waals surface area contributed by atoms with Crippen molar-refractivity contribution in [3.8, 4) is 28.5 Å². The maximum atomic E-state index is 12.9. The van der Waals surface area contributed by atoms with E-state index in [2.05, 4.69) is 26.2 Å². The zero-order valence-electron chi connectivity index (χ0n) is 15.6. The van der Waals surface area contributed by atoms with E-state index in [1.807, 2.05) is 42.5 Å². The largest absolute Gasteiger partial charge is 0.497 e. The summed E-state index contributed by atoms with van der Waals surface area (Å²) in [6.07, 6.45) is 1.66. The summed E-state index contributed by atoms with van der Waals surface area (Å²) < 4.78 is 12.1. The number of aromatic nitrogens is 1. The number of nitrogens with one attached hydrogen (secondary N) is 1. The number of ether oxygens (including phenoxy) is 1. The third-order valence-corrected chi connectivity index (χ3v) is 4.91. The van der Waals surface area contributed by atoms with Crippen molar-refractivity contribution in [1.82, 2.24) is 4.98 Å². The Morgan fingerprint density at radius 1 is 1.00 bits per heavy atom. The van der Waals surface area contributed by atoms with Gasteiger partial charge in [0.15, 0.2) is 5.76 Å². The topological polar surface area (TPSA) is 64.4 Å². The van der Waals surface area contributed by atoms with Crippen molar-refractivity contribution in [1.29, 1.82) is 0 Å². The van der Waals surface area contributed by atoms with Gasteiger partial charge in [-0.2, -0.15) is 0 Å². The van der Waals surface area contributed by atoms with Gasteiger partial charge in [-0.3, -0.25) is 4.79 Å². The van der Waals surface area contributed by atoms with Crippen LogP contribution < -0.4 is 10.1 Å². The lowest BCUT2D eigenvalue weighted by Gasteiger charge is -2.09. The van der Waals surface area contributed by atoms with Crippen molar-refractivity contribution < 1.29 is 13.9 Å². The van der Waals surface area contributed by atoms with Crippen molar-refractivity contribution in [2.24, 2.45) is 0 Å². The summed E-state index contributed by atoms with van der Waals surface area (Å²) in [7, 11) is 1.60. The fourth-order valence-corrected chi connectivity index (χ4v) is 3.15. The summed E-state index contributed by atoms with van der Waals surface area (Å²) in [5.74, 6) is 1.51. The van der Waals surface area contributed by atoms with Gasteiger partial charge < -0.3 is 14.5 Å². The first kappa shape index (κ1) is 19.0. The molecule has 6 heteroatoms. The summed E-state index contributed by atoms with van der Waals surface area (Å²) in [6, 6.07) is 22.1. The number of amides is 1. The smallest absolute Gasteiger partial charge is 0.256 e. The van der Waals surface area contributed by atoms with Crippen LogP contribution in [0.25, 0.3) is 22.8 Å². The minimum Gasteiger partial charge on any atom is -0.497 e. The van der Waals surface area contributed by atoms with E-state index in [9.17, 15) is 4.79 Å². The Balaban J connectivity index is 1.61. The molecule has 1 amide bonds. The van der Waals surface area contributed by atoms with Gasteiger partial charge in [0.2, 0.25) is 5.89 Å². The first-order valence-corrected chi connectivity index (χ1v) is 9.70. The number of methoxy groups -OCH3 is 1. The molecule has 0 spiro atoms. The van der Waals surface area contributed by atoms with Gasteiger partial charge in [0.25, 0.3) is 5.91 Å². The quantitative estimate of drug-likeness (QED) is 0.404. The van der Waals surface area contributed by atoms with Crippen LogP contribution in [0.4, 0.5) is 5.69 Å². The molecule has 5 nitrogen and oxygen atoms in total. The fourth-order valence-electron chi connectivity index (χ4n) is 2.89. The van der Waals surface area contributed by atoms with Gasteiger partial charge in [0.1, 0.15) is 5.75 Å². The molecule has 0 bridgehead atoms. The average Bonchev–Trinajstić information content (AvgIpc) is 3.25. The number of oxazole rings is 1. The molecule has 0 fully saturated rings. The Morgan fingerprint density at radius 3 is 2.45 bits per heavy atom.